The number of carbonyl (C=O) groups is 2. The zero-order chi connectivity index (χ0) is 22.5. The fourth-order valence-electron chi connectivity index (χ4n) is 4.92. The number of hydrogen-bond donors (Lipinski definition) is 2. The maximum absolute atomic E-state index is 12.5. The minimum absolute atomic E-state index is 0.00961. The summed E-state index contributed by atoms with van der Waals surface area (Å²) in [5, 5.41) is 7.33. The molecule has 0 radical (unpaired) electrons. The molecule has 1 saturated heterocycles. The van der Waals surface area contributed by atoms with Gasteiger partial charge in [-0.25, -0.2) is 4.79 Å². The molecule has 6 rings (SSSR count). The molecule has 3 aromatic rings. The summed E-state index contributed by atoms with van der Waals surface area (Å²) in [5.41, 5.74) is 3.65. The Balaban J connectivity index is 1.11. The molecule has 3 aliphatic heterocycles. The van der Waals surface area contributed by atoms with Crippen molar-refractivity contribution in [1.29, 1.82) is 0 Å². The van der Waals surface area contributed by atoms with Gasteiger partial charge in [0.1, 0.15) is 6.10 Å². The summed E-state index contributed by atoms with van der Waals surface area (Å²) in [6, 6.07) is 15.3. The fraction of sp³-hybridized carbons (Fsp3) is 0.292. The Labute approximate surface area is 193 Å². The van der Waals surface area contributed by atoms with E-state index in [9.17, 15) is 14.4 Å². The number of anilines is 2. The number of para-hydroxylation sites is 1. The van der Waals surface area contributed by atoms with Crippen molar-refractivity contribution in [2.45, 2.75) is 23.5 Å². The second-order valence-corrected chi connectivity index (χ2v) is 9.56. The van der Waals surface area contributed by atoms with Crippen LogP contribution in [0.1, 0.15) is 11.6 Å². The van der Waals surface area contributed by atoms with Crippen molar-refractivity contribution in [3.63, 3.8) is 0 Å². The lowest BCUT2D eigenvalue weighted by Crippen LogP contribution is -2.36. The summed E-state index contributed by atoms with van der Waals surface area (Å²) in [4.78, 5) is 39.3. The van der Waals surface area contributed by atoms with Gasteiger partial charge in [0.15, 0.2) is 0 Å². The second-order valence-electron chi connectivity index (χ2n) is 8.55. The zero-order valence-electron chi connectivity index (χ0n) is 17.7. The number of hydrogen-bond acceptors (Lipinski definition) is 6. The normalized spacial score (nSPS) is 21.3. The topological polar surface area (TPSA) is 92.7 Å². The Morgan fingerprint density at radius 2 is 2.00 bits per heavy atom. The van der Waals surface area contributed by atoms with Crippen molar-refractivity contribution in [2.75, 3.05) is 35.6 Å². The van der Waals surface area contributed by atoms with Crippen LogP contribution in [0.4, 0.5) is 16.2 Å². The summed E-state index contributed by atoms with van der Waals surface area (Å²) in [6.45, 7) is 1.54. The van der Waals surface area contributed by atoms with Crippen molar-refractivity contribution in [3.05, 3.63) is 64.4 Å². The van der Waals surface area contributed by atoms with Crippen molar-refractivity contribution in [2.24, 2.45) is 0 Å². The first-order valence-electron chi connectivity index (χ1n) is 11.0. The van der Waals surface area contributed by atoms with E-state index < -0.39 is 6.09 Å². The van der Waals surface area contributed by atoms with Crippen LogP contribution in [0, 0.1) is 0 Å². The number of benzene rings is 2. The molecular formula is C24H22N4O4S. The third-order valence-electron chi connectivity index (χ3n) is 6.39. The van der Waals surface area contributed by atoms with Crippen molar-refractivity contribution in [1.82, 2.24) is 9.88 Å². The van der Waals surface area contributed by atoms with Gasteiger partial charge in [0, 0.05) is 29.7 Å². The summed E-state index contributed by atoms with van der Waals surface area (Å²) in [5.74, 6) is 0.359. The van der Waals surface area contributed by atoms with Gasteiger partial charge in [-0.2, -0.15) is 0 Å². The van der Waals surface area contributed by atoms with Crippen molar-refractivity contribution in [3.8, 4) is 0 Å². The first kappa shape index (κ1) is 20.3. The van der Waals surface area contributed by atoms with Gasteiger partial charge in [-0.3, -0.25) is 14.5 Å². The Bertz CT molecular complexity index is 1350. The van der Waals surface area contributed by atoms with Gasteiger partial charge in [0.2, 0.25) is 5.91 Å². The number of nitrogens with zero attached hydrogens (tertiary/aromatic N) is 2. The van der Waals surface area contributed by atoms with Gasteiger partial charge in [-0.15, -0.1) is 11.8 Å². The maximum atomic E-state index is 12.5. The summed E-state index contributed by atoms with van der Waals surface area (Å²) in [7, 11) is 0. The number of thioether (sulfide) groups is 1. The average molecular weight is 463 g/mol. The van der Waals surface area contributed by atoms with Crippen LogP contribution in [0.5, 0.6) is 0 Å². The SMILES string of the molecule is O=C1CSc2ccc(N3C[C@@H](CNC[C@@H]4Cc5cccc6ccc(=O)n4c56)OC3=O)cc2N1. The molecule has 3 aliphatic rings. The largest absolute Gasteiger partial charge is 0.443 e. The van der Waals surface area contributed by atoms with E-state index in [4.69, 9.17) is 4.74 Å². The lowest BCUT2D eigenvalue weighted by Gasteiger charge is -2.20. The molecule has 0 saturated carbocycles. The average Bonchev–Trinajstić information content (AvgIpc) is 3.37. The standard InChI is InChI=1S/C24H22N4O4S/c29-21-13-33-20-6-5-16(9-19(20)26-21)27-12-18(32-24(27)31)11-25-10-17-8-15-3-1-2-14-4-7-22(30)28(17)23(14)15/h1-7,9,17-18,25H,8,10-13H2,(H,26,29)/t17-,18+/m0/s1. The van der Waals surface area contributed by atoms with E-state index in [-0.39, 0.29) is 23.6 Å². The van der Waals surface area contributed by atoms with Crippen LogP contribution in [0.15, 0.2) is 58.2 Å². The van der Waals surface area contributed by atoms with Gasteiger partial charge in [-0.1, -0.05) is 18.2 Å². The molecule has 0 bridgehead atoms. The Morgan fingerprint density at radius 3 is 2.91 bits per heavy atom. The first-order valence-corrected chi connectivity index (χ1v) is 11.9. The van der Waals surface area contributed by atoms with Gasteiger partial charge in [0.25, 0.3) is 5.56 Å². The molecule has 4 heterocycles. The van der Waals surface area contributed by atoms with Crippen LogP contribution < -0.4 is 21.1 Å². The molecule has 1 fully saturated rings. The molecule has 2 N–H and O–H groups in total. The molecule has 0 spiro atoms. The maximum Gasteiger partial charge on any atom is 0.414 e. The Morgan fingerprint density at radius 1 is 1.09 bits per heavy atom. The summed E-state index contributed by atoms with van der Waals surface area (Å²) >= 11 is 1.49. The Hall–Kier alpha value is -3.30. The van der Waals surface area contributed by atoms with E-state index in [1.165, 1.54) is 17.3 Å². The number of ether oxygens (including phenoxy) is 1. The number of rotatable bonds is 5. The molecule has 8 nitrogen and oxygen atoms in total. The fourth-order valence-corrected chi connectivity index (χ4v) is 5.70. The highest BCUT2D eigenvalue weighted by molar-refractivity contribution is 8.00. The molecule has 9 heteroatoms. The number of fused-ring (bicyclic) bond motifs is 1. The molecule has 168 valence electrons. The minimum Gasteiger partial charge on any atom is -0.443 e. The number of amides is 2. The zero-order valence-corrected chi connectivity index (χ0v) is 18.6. The summed E-state index contributed by atoms with van der Waals surface area (Å²) < 4.78 is 7.44. The van der Waals surface area contributed by atoms with Crippen LogP contribution in [-0.2, 0) is 16.0 Å². The van der Waals surface area contributed by atoms with E-state index in [0.29, 0.717) is 31.1 Å². The Kier molecular flexibility index (Phi) is 4.88. The number of nitrogens with one attached hydrogen (secondary N) is 2. The lowest BCUT2D eigenvalue weighted by molar-refractivity contribution is -0.113. The van der Waals surface area contributed by atoms with E-state index in [0.717, 1.165) is 27.9 Å². The summed E-state index contributed by atoms with van der Waals surface area (Å²) in [6.07, 6.45) is 0.110. The van der Waals surface area contributed by atoms with Gasteiger partial charge < -0.3 is 19.9 Å². The van der Waals surface area contributed by atoms with Crippen LogP contribution in [0.25, 0.3) is 10.9 Å². The lowest BCUT2D eigenvalue weighted by atomic mass is 10.1. The molecule has 2 amide bonds. The van der Waals surface area contributed by atoms with E-state index in [1.807, 2.05) is 41.0 Å². The smallest absolute Gasteiger partial charge is 0.414 e. The van der Waals surface area contributed by atoms with Gasteiger partial charge in [-0.05, 0) is 41.6 Å². The van der Waals surface area contributed by atoms with E-state index in [1.54, 1.807) is 11.0 Å². The van der Waals surface area contributed by atoms with Gasteiger partial charge in [0.05, 0.1) is 29.5 Å². The second kappa shape index (κ2) is 7.93. The van der Waals surface area contributed by atoms with Crippen LogP contribution in [-0.4, -0.2) is 48.1 Å². The number of aromatic nitrogens is 1. The molecule has 2 atom stereocenters. The molecule has 0 unspecified atom stereocenters. The number of cyclic esters (lactones) is 1. The van der Waals surface area contributed by atoms with Crippen LogP contribution in [0.3, 0.4) is 0 Å². The predicted molar refractivity (Wildman–Crippen MR) is 127 cm³/mol. The number of pyridine rings is 1. The minimum atomic E-state index is -0.397. The predicted octanol–water partition coefficient (Wildman–Crippen LogP) is 2.76. The molecule has 2 aromatic carbocycles. The first-order chi connectivity index (χ1) is 16.1. The van der Waals surface area contributed by atoms with Crippen molar-refractivity contribution < 1.29 is 14.3 Å². The highest BCUT2D eigenvalue weighted by atomic mass is 32.2. The number of carbonyl (C=O) groups excluding carboxylic acids is 2. The molecule has 0 aliphatic carbocycles. The highest BCUT2D eigenvalue weighted by Gasteiger charge is 2.33. The quantitative estimate of drug-likeness (QED) is 0.606. The monoisotopic (exact) mass is 462 g/mol. The van der Waals surface area contributed by atoms with Crippen LogP contribution in [0.2, 0.25) is 0 Å². The third-order valence-corrected chi connectivity index (χ3v) is 7.46. The van der Waals surface area contributed by atoms with E-state index in [2.05, 4.69) is 16.7 Å². The van der Waals surface area contributed by atoms with Crippen LogP contribution >= 0.6 is 11.8 Å². The molecule has 33 heavy (non-hydrogen) atoms. The molecule has 1 aromatic heterocycles. The highest BCUT2D eigenvalue weighted by Crippen LogP contribution is 2.35. The van der Waals surface area contributed by atoms with Gasteiger partial charge >= 0.3 is 6.09 Å². The molecular weight excluding hydrogens is 440 g/mol. The third kappa shape index (κ3) is 3.57. The van der Waals surface area contributed by atoms with E-state index >= 15 is 0 Å². The van der Waals surface area contributed by atoms with Crippen molar-refractivity contribution >= 4 is 46.0 Å².